The van der Waals surface area contributed by atoms with E-state index < -0.39 is 0 Å². The van der Waals surface area contributed by atoms with Gasteiger partial charge in [-0.05, 0) is 31.1 Å². The van der Waals surface area contributed by atoms with E-state index >= 15 is 0 Å². The van der Waals surface area contributed by atoms with Gasteiger partial charge in [0.15, 0.2) is 0 Å². The number of amides is 1. The zero-order valence-corrected chi connectivity index (χ0v) is 11.5. The molecule has 15 heavy (non-hydrogen) atoms. The molecule has 1 rings (SSSR count). The number of hydrogen-bond acceptors (Lipinski definition) is 1. The van der Waals surface area contributed by atoms with Crippen LogP contribution < -0.4 is 0 Å². The highest BCUT2D eigenvalue weighted by Crippen LogP contribution is 2.30. The molecule has 0 spiro atoms. The molecule has 0 bridgehead atoms. The Morgan fingerprint density at radius 2 is 2.07 bits per heavy atom. The highest BCUT2D eigenvalue weighted by Gasteiger charge is 2.26. The van der Waals surface area contributed by atoms with Crippen LogP contribution in [-0.4, -0.2) is 29.2 Å². The molecular weight excluding hydrogens is 254 g/mol. The molecule has 1 heterocycles. The second-order valence-electron chi connectivity index (χ2n) is 5.19. The second-order valence-corrected chi connectivity index (χ2v) is 5.98. The number of rotatable bonds is 4. The van der Waals surface area contributed by atoms with E-state index in [0.29, 0.717) is 11.3 Å². The van der Waals surface area contributed by atoms with Crippen LogP contribution in [0.15, 0.2) is 0 Å². The fourth-order valence-electron chi connectivity index (χ4n) is 1.92. The first-order valence-corrected chi connectivity index (χ1v) is 7.01. The van der Waals surface area contributed by atoms with E-state index in [1.54, 1.807) is 0 Å². The van der Waals surface area contributed by atoms with Crippen LogP contribution in [0.2, 0.25) is 0 Å². The van der Waals surface area contributed by atoms with Crippen molar-refractivity contribution in [1.82, 2.24) is 4.90 Å². The molecule has 1 saturated heterocycles. The van der Waals surface area contributed by atoms with Crippen molar-refractivity contribution in [3.05, 3.63) is 0 Å². The molecule has 1 aliphatic rings. The molecule has 0 unspecified atom stereocenters. The number of halogens is 1. The van der Waals surface area contributed by atoms with Gasteiger partial charge in [0.1, 0.15) is 0 Å². The first-order valence-electron chi connectivity index (χ1n) is 5.89. The quantitative estimate of drug-likeness (QED) is 0.570. The zero-order valence-electron chi connectivity index (χ0n) is 9.89. The highest BCUT2D eigenvalue weighted by molar-refractivity contribution is 9.09. The van der Waals surface area contributed by atoms with Crippen LogP contribution in [0.3, 0.4) is 0 Å². The maximum absolute atomic E-state index is 11.8. The number of carbonyl (C=O) groups is 1. The van der Waals surface area contributed by atoms with Gasteiger partial charge in [-0.3, -0.25) is 4.79 Å². The molecule has 1 fully saturated rings. The number of unbranched alkanes of at least 4 members (excludes halogenated alkanes) is 1. The van der Waals surface area contributed by atoms with E-state index in [2.05, 4.69) is 34.7 Å². The van der Waals surface area contributed by atoms with Crippen LogP contribution in [0.4, 0.5) is 0 Å². The molecule has 1 amide bonds. The summed E-state index contributed by atoms with van der Waals surface area (Å²) >= 11 is 3.42. The van der Waals surface area contributed by atoms with Crippen LogP contribution in [0.5, 0.6) is 0 Å². The molecule has 1 aliphatic heterocycles. The Labute approximate surface area is 102 Å². The topological polar surface area (TPSA) is 20.3 Å². The lowest BCUT2D eigenvalue weighted by Gasteiger charge is -2.23. The van der Waals surface area contributed by atoms with E-state index in [4.69, 9.17) is 0 Å². The Morgan fingerprint density at radius 3 is 2.73 bits per heavy atom. The van der Waals surface area contributed by atoms with Gasteiger partial charge in [-0.15, -0.1) is 0 Å². The van der Waals surface area contributed by atoms with Gasteiger partial charge in [-0.2, -0.15) is 0 Å². The molecule has 0 N–H and O–H groups in total. The van der Waals surface area contributed by atoms with E-state index in [1.807, 2.05) is 0 Å². The Balaban J connectivity index is 2.40. The molecule has 0 saturated carbocycles. The van der Waals surface area contributed by atoms with Crippen LogP contribution in [-0.2, 0) is 4.79 Å². The van der Waals surface area contributed by atoms with Gasteiger partial charge in [-0.25, -0.2) is 0 Å². The molecule has 3 heteroatoms. The van der Waals surface area contributed by atoms with Crippen molar-refractivity contribution in [3.63, 3.8) is 0 Å². The predicted molar refractivity (Wildman–Crippen MR) is 67.2 cm³/mol. The van der Waals surface area contributed by atoms with Crippen LogP contribution in [0, 0.1) is 5.41 Å². The molecular formula is C12H22BrNO. The lowest BCUT2D eigenvalue weighted by Crippen LogP contribution is -2.31. The number of alkyl halides is 1. The third-order valence-corrected chi connectivity index (χ3v) is 3.80. The maximum Gasteiger partial charge on any atom is 0.222 e. The van der Waals surface area contributed by atoms with Crippen molar-refractivity contribution in [1.29, 1.82) is 0 Å². The first-order chi connectivity index (χ1) is 7.05. The van der Waals surface area contributed by atoms with Gasteiger partial charge in [0.2, 0.25) is 5.91 Å². The Kier molecular flexibility index (Phi) is 5.10. The smallest absolute Gasteiger partial charge is 0.222 e. The molecule has 0 atom stereocenters. The Hall–Kier alpha value is -0.0500. The Morgan fingerprint density at radius 1 is 1.33 bits per heavy atom. The summed E-state index contributed by atoms with van der Waals surface area (Å²) in [5, 5.41) is 1.04. The minimum absolute atomic E-state index is 0.347. The van der Waals surface area contributed by atoms with Crippen LogP contribution in [0.25, 0.3) is 0 Å². The fraction of sp³-hybridized carbons (Fsp3) is 0.917. The number of nitrogens with zero attached hydrogens (tertiary/aromatic N) is 1. The minimum Gasteiger partial charge on any atom is -0.343 e. The monoisotopic (exact) mass is 275 g/mol. The van der Waals surface area contributed by atoms with Crippen LogP contribution in [0.1, 0.15) is 46.0 Å². The number of hydrogen-bond donors (Lipinski definition) is 0. The average Bonchev–Trinajstić information content (AvgIpc) is 2.31. The summed E-state index contributed by atoms with van der Waals surface area (Å²) in [5.41, 5.74) is 0.347. The third kappa shape index (κ3) is 4.54. The summed E-state index contributed by atoms with van der Waals surface area (Å²) in [6.45, 7) is 6.43. The standard InChI is InChI=1S/C12H22BrNO/c1-12(2)6-5-11(15)14(10-7-12)9-4-3-8-13/h3-10H2,1-2H3. The zero-order chi connectivity index (χ0) is 11.3. The SMILES string of the molecule is CC1(C)CCC(=O)N(CCCCBr)CC1. The maximum atomic E-state index is 11.8. The second kappa shape index (κ2) is 5.88. The van der Waals surface area contributed by atoms with E-state index in [1.165, 1.54) is 0 Å². The van der Waals surface area contributed by atoms with Gasteiger partial charge < -0.3 is 4.90 Å². The first kappa shape index (κ1) is 13.0. The predicted octanol–water partition coefficient (Wildman–Crippen LogP) is 3.20. The summed E-state index contributed by atoms with van der Waals surface area (Å²) < 4.78 is 0. The molecule has 0 radical (unpaired) electrons. The van der Waals surface area contributed by atoms with Crippen LogP contribution >= 0.6 is 15.9 Å². The number of likely N-dealkylation sites (tertiary alicyclic amines) is 1. The summed E-state index contributed by atoms with van der Waals surface area (Å²) in [5.74, 6) is 0.357. The van der Waals surface area contributed by atoms with Gasteiger partial charge in [0.05, 0.1) is 0 Å². The van der Waals surface area contributed by atoms with Crippen molar-refractivity contribution in [2.75, 3.05) is 18.4 Å². The van der Waals surface area contributed by atoms with Crippen molar-refractivity contribution in [2.24, 2.45) is 5.41 Å². The highest BCUT2D eigenvalue weighted by atomic mass is 79.9. The molecule has 0 aliphatic carbocycles. The average molecular weight is 276 g/mol. The summed E-state index contributed by atoms with van der Waals surface area (Å²) in [4.78, 5) is 13.9. The normalized spacial score (nSPS) is 21.5. The van der Waals surface area contributed by atoms with E-state index in [0.717, 1.165) is 50.5 Å². The Bertz CT molecular complexity index is 216. The minimum atomic E-state index is 0.347. The van der Waals surface area contributed by atoms with Gasteiger partial charge in [0, 0.05) is 24.8 Å². The van der Waals surface area contributed by atoms with Gasteiger partial charge >= 0.3 is 0 Å². The fourth-order valence-corrected chi connectivity index (χ4v) is 2.32. The van der Waals surface area contributed by atoms with E-state index in [-0.39, 0.29) is 0 Å². The van der Waals surface area contributed by atoms with Crippen molar-refractivity contribution < 1.29 is 4.79 Å². The third-order valence-electron chi connectivity index (χ3n) is 3.24. The van der Waals surface area contributed by atoms with Gasteiger partial charge in [0.25, 0.3) is 0 Å². The summed E-state index contributed by atoms with van der Waals surface area (Å²) in [6, 6.07) is 0. The summed E-state index contributed by atoms with van der Waals surface area (Å²) in [6.07, 6.45) is 5.21. The van der Waals surface area contributed by atoms with Gasteiger partial charge in [-0.1, -0.05) is 29.8 Å². The molecule has 0 aromatic heterocycles. The largest absolute Gasteiger partial charge is 0.343 e. The van der Waals surface area contributed by atoms with Crippen molar-refractivity contribution in [2.45, 2.75) is 46.0 Å². The van der Waals surface area contributed by atoms with E-state index in [9.17, 15) is 4.79 Å². The number of carbonyl (C=O) groups excluding carboxylic acids is 1. The van der Waals surface area contributed by atoms with Crippen molar-refractivity contribution >= 4 is 21.8 Å². The molecule has 2 nitrogen and oxygen atoms in total. The summed E-state index contributed by atoms with van der Waals surface area (Å²) in [7, 11) is 0. The molecule has 88 valence electrons. The lowest BCUT2D eigenvalue weighted by molar-refractivity contribution is -0.130. The van der Waals surface area contributed by atoms with Crippen molar-refractivity contribution in [3.8, 4) is 0 Å². The lowest BCUT2D eigenvalue weighted by atomic mass is 9.85. The molecule has 0 aromatic carbocycles. The molecule has 0 aromatic rings.